The highest BCUT2D eigenvalue weighted by Crippen LogP contribution is 2.38. The lowest BCUT2D eigenvalue weighted by Crippen LogP contribution is -1.95. The first-order valence-corrected chi connectivity index (χ1v) is 6.15. The van der Waals surface area contributed by atoms with E-state index in [1.54, 1.807) is 0 Å². The van der Waals surface area contributed by atoms with E-state index >= 15 is 0 Å². The van der Waals surface area contributed by atoms with Crippen molar-refractivity contribution in [2.45, 2.75) is 18.8 Å². The Labute approximate surface area is 105 Å². The van der Waals surface area contributed by atoms with Gasteiger partial charge in [-0.25, -0.2) is 4.39 Å². The molecule has 2 aromatic carbocycles. The normalized spacial score (nSPS) is 18.1. The van der Waals surface area contributed by atoms with E-state index in [2.05, 4.69) is 6.07 Å². The summed E-state index contributed by atoms with van der Waals surface area (Å²) in [6.07, 6.45) is 2.14. The van der Waals surface area contributed by atoms with E-state index in [1.807, 2.05) is 24.3 Å². The Morgan fingerprint density at radius 1 is 1.06 bits per heavy atom. The average molecular weight is 247 g/mol. The lowest BCUT2D eigenvalue weighted by Gasteiger charge is -2.12. The molecule has 0 nitrogen and oxygen atoms in total. The van der Waals surface area contributed by atoms with Gasteiger partial charge in [-0.1, -0.05) is 29.8 Å². The van der Waals surface area contributed by atoms with Gasteiger partial charge in [0.05, 0.1) is 0 Å². The van der Waals surface area contributed by atoms with Crippen molar-refractivity contribution in [1.82, 2.24) is 0 Å². The minimum Gasteiger partial charge on any atom is -0.207 e. The highest BCUT2D eigenvalue weighted by Gasteiger charge is 2.23. The smallest absolute Gasteiger partial charge is 0.123 e. The van der Waals surface area contributed by atoms with Gasteiger partial charge < -0.3 is 0 Å². The fourth-order valence-corrected chi connectivity index (χ4v) is 2.82. The fourth-order valence-electron chi connectivity index (χ4n) is 2.63. The van der Waals surface area contributed by atoms with Crippen molar-refractivity contribution < 1.29 is 4.39 Å². The summed E-state index contributed by atoms with van der Waals surface area (Å²) in [4.78, 5) is 0. The second-order valence-electron chi connectivity index (χ2n) is 4.49. The Kier molecular flexibility index (Phi) is 2.64. The Balaban J connectivity index is 2.01. The van der Waals surface area contributed by atoms with Crippen molar-refractivity contribution >= 4 is 11.6 Å². The minimum absolute atomic E-state index is 0.178. The van der Waals surface area contributed by atoms with Gasteiger partial charge in [0, 0.05) is 10.9 Å². The molecule has 86 valence electrons. The Bertz CT molecular complexity index is 545. The molecule has 0 radical (unpaired) electrons. The molecule has 0 saturated heterocycles. The first kappa shape index (κ1) is 10.8. The fraction of sp³-hybridized carbons (Fsp3) is 0.200. The van der Waals surface area contributed by atoms with E-state index < -0.39 is 0 Å². The first-order valence-electron chi connectivity index (χ1n) is 5.78. The molecule has 1 aliphatic rings. The summed E-state index contributed by atoms with van der Waals surface area (Å²) in [7, 11) is 0. The van der Waals surface area contributed by atoms with Gasteiger partial charge in [-0.15, -0.1) is 0 Å². The summed E-state index contributed by atoms with van der Waals surface area (Å²) >= 11 is 5.99. The minimum atomic E-state index is -0.178. The van der Waals surface area contributed by atoms with Gasteiger partial charge in [-0.2, -0.15) is 0 Å². The highest BCUT2D eigenvalue weighted by atomic mass is 35.5. The van der Waals surface area contributed by atoms with E-state index in [1.165, 1.54) is 28.8 Å². The second kappa shape index (κ2) is 4.15. The molecule has 1 unspecified atom stereocenters. The van der Waals surface area contributed by atoms with Crippen LogP contribution in [0.2, 0.25) is 5.02 Å². The van der Waals surface area contributed by atoms with Gasteiger partial charge in [-0.3, -0.25) is 0 Å². The number of hydrogen-bond acceptors (Lipinski definition) is 0. The standard InChI is InChI=1S/C15H12ClF/c16-12-4-8-15-11(9-12)3-7-14(15)10-1-5-13(17)6-2-10/h1-2,4-6,8-9,14H,3,7H2. The lowest BCUT2D eigenvalue weighted by atomic mass is 9.93. The van der Waals surface area contributed by atoms with Crippen molar-refractivity contribution in [2.24, 2.45) is 0 Å². The molecule has 0 aliphatic heterocycles. The van der Waals surface area contributed by atoms with E-state index in [-0.39, 0.29) is 5.82 Å². The van der Waals surface area contributed by atoms with Gasteiger partial charge in [0.25, 0.3) is 0 Å². The second-order valence-corrected chi connectivity index (χ2v) is 4.92. The van der Waals surface area contributed by atoms with Crippen LogP contribution in [0.15, 0.2) is 42.5 Å². The number of fused-ring (bicyclic) bond motifs is 1. The predicted octanol–water partition coefficient (Wildman–Crippen LogP) is 4.56. The Morgan fingerprint density at radius 2 is 1.82 bits per heavy atom. The van der Waals surface area contributed by atoms with E-state index in [0.29, 0.717) is 5.92 Å². The topological polar surface area (TPSA) is 0 Å². The maximum atomic E-state index is 12.9. The summed E-state index contributed by atoms with van der Waals surface area (Å²) in [6.45, 7) is 0. The largest absolute Gasteiger partial charge is 0.207 e. The van der Waals surface area contributed by atoms with Crippen molar-refractivity contribution in [3.8, 4) is 0 Å². The molecule has 1 aliphatic carbocycles. The van der Waals surface area contributed by atoms with Crippen LogP contribution in [-0.4, -0.2) is 0 Å². The van der Waals surface area contributed by atoms with Crippen molar-refractivity contribution in [3.05, 3.63) is 70.0 Å². The van der Waals surface area contributed by atoms with Gasteiger partial charge in [0.15, 0.2) is 0 Å². The van der Waals surface area contributed by atoms with Gasteiger partial charge in [-0.05, 0) is 53.8 Å². The molecule has 0 saturated carbocycles. The molecule has 1 atom stereocenters. The summed E-state index contributed by atoms with van der Waals surface area (Å²) in [5, 5.41) is 0.795. The van der Waals surface area contributed by atoms with E-state index in [0.717, 1.165) is 17.9 Å². The Morgan fingerprint density at radius 3 is 2.59 bits per heavy atom. The summed E-state index contributed by atoms with van der Waals surface area (Å²) in [5.74, 6) is 0.214. The van der Waals surface area contributed by atoms with Crippen LogP contribution < -0.4 is 0 Å². The number of rotatable bonds is 1. The molecule has 0 bridgehead atoms. The number of benzene rings is 2. The summed E-state index contributed by atoms with van der Waals surface area (Å²) < 4.78 is 12.9. The van der Waals surface area contributed by atoms with Crippen LogP contribution in [0, 0.1) is 5.82 Å². The third-order valence-corrected chi connectivity index (χ3v) is 3.69. The molecule has 0 fully saturated rings. The lowest BCUT2D eigenvalue weighted by molar-refractivity contribution is 0.626. The number of aryl methyl sites for hydroxylation is 1. The average Bonchev–Trinajstić information content (AvgIpc) is 2.73. The van der Waals surface area contributed by atoms with Crippen molar-refractivity contribution in [1.29, 1.82) is 0 Å². The molecule has 0 N–H and O–H groups in total. The number of hydrogen-bond donors (Lipinski definition) is 0. The zero-order chi connectivity index (χ0) is 11.8. The third kappa shape index (κ3) is 1.96. The molecule has 0 aromatic heterocycles. The SMILES string of the molecule is Fc1ccc(C2CCc3cc(Cl)ccc32)cc1. The molecule has 0 heterocycles. The summed E-state index contributed by atoms with van der Waals surface area (Å²) in [6, 6.07) is 12.9. The quantitative estimate of drug-likeness (QED) is 0.692. The van der Waals surface area contributed by atoms with Gasteiger partial charge in [0.2, 0.25) is 0 Å². The van der Waals surface area contributed by atoms with Crippen LogP contribution in [0.1, 0.15) is 29.0 Å². The summed E-state index contributed by atoms with van der Waals surface area (Å²) in [5.41, 5.74) is 3.85. The van der Waals surface area contributed by atoms with Crippen LogP contribution in [-0.2, 0) is 6.42 Å². The van der Waals surface area contributed by atoms with Crippen LogP contribution in [0.4, 0.5) is 4.39 Å². The molecule has 0 amide bonds. The molecule has 17 heavy (non-hydrogen) atoms. The number of halogens is 2. The van der Waals surface area contributed by atoms with E-state index in [4.69, 9.17) is 11.6 Å². The molecular formula is C15H12ClF. The predicted molar refractivity (Wildman–Crippen MR) is 68.0 cm³/mol. The maximum Gasteiger partial charge on any atom is 0.123 e. The zero-order valence-corrected chi connectivity index (χ0v) is 10.0. The third-order valence-electron chi connectivity index (χ3n) is 3.46. The first-order chi connectivity index (χ1) is 8.24. The highest BCUT2D eigenvalue weighted by molar-refractivity contribution is 6.30. The molecule has 2 heteroatoms. The van der Waals surface area contributed by atoms with Gasteiger partial charge in [0.1, 0.15) is 5.82 Å². The van der Waals surface area contributed by atoms with Crippen LogP contribution in [0.25, 0.3) is 0 Å². The Hall–Kier alpha value is -1.34. The van der Waals surface area contributed by atoms with Crippen LogP contribution in [0.3, 0.4) is 0 Å². The van der Waals surface area contributed by atoms with Crippen LogP contribution in [0.5, 0.6) is 0 Å². The maximum absolute atomic E-state index is 12.9. The monoisotopic (exact) mass is 246 g/mol. The molecular weight excluding hydrogens is 235 g/mol. The van der Waals surface area contributed by atoms with E-state index in [9.17, 15) is 4.39 Å². The zero-order valence-electron chi connectivity index (χ0n) is 9.29. The molecule has 3 rings (SSSR count). The van der Waals surface area contributed by atoms with Crippen LogP contribution >= 0.6 is 11.6 Å². The van der Waals surface area contributed by atoms with Gasteiger partial charge >= 0.3 is 0 Å². The van der Waals surface area contributed by atoms with Crippen molar-refractivity contribution in [2.75, 3.05) is 0 Å². The molecule has 2 aromatic rings. The van der Waals surface area contributed by atoms with Crippen molar-refractivity contribution in [3.63, 3.8) is 0 Å². The molecule has 0 spiro atoms.